The molecule has 1 aliphatic rings. The van der Waals surface area contributed by atoms with Crippen molar-refractivity contribution in [1.29, 1.82) is 0 Å². The van der Waals surface area contributed by atoms with Crippen LogP contribution in [0.25, 0.3) is 10.9 Å². The van der Waals surface area contributed by atoms with Gasteiger partial charge in [-0.3, -0.25) is 4.79 Å². The van der Waals surface area contributed by atoms with Gasteiger partial charge in [0.1, 0.15) is 11.3 Å². The van der Waals surface area contributed by atoms with Gasteiger partial charge in [-0.25, -0.2) is 0 Å². The number of hydrogen-bond donors (Lipinski definition) is 2. The van der Waals surface area contributed by atoms with Gasteiger partial charge in [0.2, 0.25) is 11.8 Å². The molecule has 28 heavy (non-hydrogen) atoms. The van der Waals surface area contributed by atoms with Crippen LogP contribution >= 0.6 is 0 Å². The summed E-state index contributed by atoms with van der Waals surface area (Å²) in [5, 5.41) is 8.34. The topological polar surface area (TPSA) is 93.0 Å². The number of nitrogens with zero attached hydrogens (tertiary/aromatic N) is 2. The van der Waals surface area contributed by atoms with E-state index in [1.54, 1.807) is 0 Å². The first-order chi connectivity index (χ1) is 13.6. The van der Waals surface area contributed by atoms with E-state index in [-0.39, 0.29) is 12.3 Å². The maximum absolute atomic E-state index is 13.0. The molecule has 7 heteroatoms. The number of carbonyl (C=O) groups excluding carboxylic acids is 1. The Balaban J connectivity index is 1.57. The molecule has 0 saturated heterocycles. The van der Waals surface area contributed by atoms with E-state index in [9.17, 15) is 4.79 Å². The van der Waals surface area contributed by atoms with E-state index in [1.165, 1.54) is 0 Å². The second kappa shape index (κ2) is 7.66. The highest BCUT2D eigenvalue weighted by Crippen LogP contribution is 2.37. The van der Waals surface area contributed by atoms with Crippen LogP contribution in [0.1, 0.15) is 56.8 Å². The van der Waals surface area contributed by atoms with Crippen molar-refractivity contribution in [3.05, 3.63) is 41.7 Å². The Kier molecular flexibility index (Phi) is 5.07. The fourth-order valence-corrected chi connectivity index (χ4v) is 4.09. The number of hydrogen-bond acceptors (Lipinski definition) is 5. The van der Waals surface area contributed by atoms with Crippen LogP contribution in [0.2, 0.25) is 0 Å². The van der Waals surface area contributed by atoms with E-state index in [0.717, 1.165) is 47.9 Å². The average molecular weight is 382 g/mol. The van der Waals surface area contributed by atoms with Crippen molar-refractivity contribution in [2.75, 3.05) is 6.61 Å². The molecule has 1 fully saturated rings. The molecule has 0 unspecified atom stereocenters. The van der Waals surface area contributed by atoms with Gasteiger partial charge in [0.25, 0.3) is 0 Å². The number of fused-ring (bicyclic) bond motifs is 1. The number of H-pyrrole nitrogens is 1. The maximum Gasteiger partial charge on any atom is 0.226 e. The van der Waals surface area contributed by atoms with Gasteiger partial charge in [-0.2, -0.15) is 4.98 Å². The minimum absolute atomic E-state index is 0.0445. The lowest BCUT2D eigenvalue weighted by Gasteiger charge is -2.26. The number of rotatable bonds is 7. The molecule has 4 rings (SSSR count). The number of aromatic nitrogens is 3. The quantitative estimate of drug-likeness (QED) is 0.651. The molecule has 0 atom stereocenters. The first kappa shape index (κ1) is 18.5. The normalized spacial score (nSPS) is 15.8. The minimum atomic E-state index is -0.525. The molecular weight excluding hydrogens is 356 g/mol. The van der Waals surface area contributed by atoms with Gasteiger partial charge in [0, 0.05) is 23.5 Å². The van der Waals surface area contributed by atoms with Crippen LogP contribution in [-0.2, 0) is 23.2 Å². The zero-order valence-corrected chi connectivity index (χ0v) is 16.4. The number of aromatic amines is 1. The zero-order valence-electron chi connectivity index (χ0n) is 16.4. The fourth-order valence-electron chi connectivity index (χ4n) is 4.09. The largest absolute Gasteiger partial charge is 0.493 e. The van der Waals surface area contributed by atoms with Crippen LogP contribution in [0.5, 0.6) is 5.75 Å². The Morgan fingerprint density at radius 2 is 2.14 bits per heavy atom. The minimum Gasteiger partial charge on any atom is -0.493 e. The first-order valence-electron chi connectivity index (χ1n) is 10.0. The molecule has 2 N–H and O–H groups in total. The summed E-state index contributed by atoms with van der Waals surface area (Å²) in [6, 6.07) is 5.87. The molecule has 1 saturated carbocycles. The third kappa shape index (κ3) is 3.37. The van der Waals surface area contributed by atoms with E-state index >= 15 is 0 Å². The maximum atomic E-state index is 13.0. The lowest BCUT2D eigenvalue weighted by Crippen LogP contribution is -2.45. The summed E-state index contributed by atoms with van der Waals surface area (Å²) < 4.78 is 11.1. The summed E-state index contributed by atoms with van der Waals surface area (Å²) in [6.45, 7) is 4.51. The van der Waals surface area contributed by atoms with E-state index in [0.29, 0.717) is 24.7 Å². The van der Waals surface area contributed by atoms with Crippen LogP contribution in [-0.4, -0.2) is 27.6 Å². The first-order valence-corrected chi connectivity index (χ1v) is 10.0. The summed E-state index contributed by atoms with van der Waals surface area (Å²) >= 11 is 0. The Hall–Kier alpha value is -2.83. The molecule has 148 valence electrons. The highest BCUT2D eigenvalue weighted by Gasteiger charge is 2.41. The Bertz CT molecular complexity index is 969. The molecule has 7 nitrogen and oxygen atoms in total. The Labute approximate surface area is 163 Å². The van der Waals surface area contributed by atoms with E-state index in [2.05, 4.69) is 20.4 Å². The second-order valence-corrected chi connectivity index (χ2v) is 7.31. The van der Waals surface area contributed by atoms with Crippen LogP contribution in [0.3, 0.4) is 0 Å². The predicted octanol–water partition coefficient (Wildman–Crippen LogP) is 3.64. The van der Waals surface area contributed by atoms with Crippen LogP contribution in [0, 0.1) is 0 Å². The molecule has 1 aliphatic carbocycles. The molecule has 2 heterocycles. The molecule has 0 spiro atoms. The van der Waals surface area contributed by atoms with Crippen molar-refractivity contribution in [1.82, 2.24) is 20.4 Å². The van der Waals surface area contributed by atoms with Crippen LogP contribution in [0.15, 0.2) is 28.9 Å². The van der Waals surface area contributed by atoms with Gasteiger partial charge < -0.3 is 19.6 Å². The number of carbonyl (C=O) groups is 1. The third-order valence-electron chi connectivity index (χ3n) is 5.43. The van der Waals surface area contributed by atoms with Gasteiger partial charge in [-0.05, 0) is 37.5 Å². The number of nitrogens with one attached hydrogen (secondary N) is 2. The van der Waals surface area contributed by atoms with E-state index in [1.807, 2.05) is 38.2 Å². The smallest absolute Gasteiger partial charge is 0.226 e. The van der Waals surface area contributed by atoms with Crippen LogP contribution < -0.4 is 10.1 Å². The van der Waals surface area contributed by atoms with E-state index in [4.69, 9.17) is 9.26 Å². The third-order valence-corrected chi connectivity index (χ3v) is 5.43. The lowest BCUT2D eigenvalue weighted by molar-refractivity contribution is -0.122. The lowest BCUT2D eigenvalue weighted by atomic mass is 9.96. The molecule has 3 aromatic rings. The van der Waals surface area contributed by atoms with Crippen molar-refractivity contribution in [3.8, 4) is 5.75 Å². The summed E-state index contributed by atoms with van der Waals surface area (Å²) in [6.07, 6.45) is 6.59. The van der Waals surface area contributed by atoms with E-state index < -0.39 is 5.54 Å². The Morgan fingerprint density at radius 3 is 2.86 bits per heavy atom. The number of ether oxygens (including phenoxy) is 1. The SMILES string of the molecule is CCOc1cccc2[nH]cc(CC(=O)NC3(c4noc(CC)n4)CCCC3)c12. The summed E-state index contributed by atoms with van der Waals surface area (Å²) in [4.78, 5) is 20.7. The number of benzene rings is 1. The highest BCUT2D eigenvalue weighted by molar-refractivity contribution is 5.93. The van der Waals surface area contributed by atoms with Crippen molar-refractivity contribution >= 4 is 16.8 Å². The Morgan fingerprint density at radius 1 is 1.32 bits per heavy atom. The average Bonchev–Trinajstić information content (AvgIpc) is 3.42. The van der Waals surface area contributed by atoms with Crippen molar-refractivity contribution < 1.29 is 14.1 Å². The van der Waals surface area contributed by atoms with Crippen molar-refractivity contribution in [2.45, 2.75) is 57.9 Å². The fraction of sp³-hybridized carbons (Fsp3) is 0.476. The molecular formula is C21H26N4O3. The molecule has 1 amide bonds. The predicted molar refractivity (Wildman–Crippen MR) is 105 cm³/mol. The van der Waals surface area contributed by atoms with Gasteiger partial charge in [0.15, 0.2) is 5.82 Å². The summed E-state index contributed by atoms with van der Waals surface area (Å²) in [5.74, 6) is 1.96. The second-order valence-electron chi connectivity index (χ2n) is 7.31. The molecule has 0 aliphatic heterocycles. The van der Waals surface area contributed by atoms with Crippen molar-refractivity contribution in [2.24, 2.45) is 0 Å². The molecule has 0 bridgehead atoms. The zero-order chi connectivity index (χ0) is 19.6. The van der Waals surface area contributed by atoms with Gasteiger partial charge in [-0.1, -0.05) is 31.0 Å². The molecule has 1 aromatic carbocycles. The number of amides is 1. The standard InChI is InChI=1S/C21H26N4O3/c1-3-18-23-20(25-28-18)21(10-5-6-11-21)24-17(26)12-14-13-22-15-8-7-9-16(19(14)15)27-4-2/h7-9,13,22H,3-6,10-12H2,1-2H3,(H,24,26). The highest BCUT2D eigenvalue weighted by atomic mass is 16.5. The summed E-state index contributed by atoms with van der Waals surface area (Å²) in [5.41, 5.74) is 1.37. The summed E-state index contributed by atoms with van der Waals surface area (Å²) in [7, 11) is 0. The monoisotopic (exact) mass is 382 g/mol. The molecule has 0 radical (unpaired) electrons. The van der Waals surface area contributed by atoms with Gasteiger partial charge >= 0.3 is 0 Å². The van der Waals surface area contributed by atoms with Gasteiger partial charge in [-0.15, -0.1) is 0 Å². The molecule has 2 aromatic heterocycles. The van der Waals surface area contributed by atoms with Crippen LogP contribution in [0.4, 0.5) is 0 Å². The van der Waals surface area contributed by atoms with Crippen molar-refractivity contribution in [3.63, 3.8) is 0 Å². The van der Waals surface area contributed by atoms with Gasteiger partial charge in [0.05, 0.1) is 13.0 Å². The number of aryl methyl sites for hydroxylation is 1.